The van der Waals surface area contributed by atoms with E-state index in [9.17, 15) is 13.2 Å². The van der Waals surface area contributed by atoms with Crippen molar-refractivity contribution < 1.29 is 13.2 Å². The zero-order valence-electron chi connectivity index (χ0n) is 14.8. The normalized spacial score (nSPS) is 12.1. The van der Waals surface area contributed by atoms with E-state index in [1.807, 2.05) is 30.3 Å². The molecule has 0 aliphatic carbocycles. The van der Waals surface area contributed by atoms with Gasteiger partial charge in [0.2, 0.25) is 15.9 Å². The first kappa shape index (κ1) is 18.7. The monoisotopic (exact) mass is 384 g/mol. The minimum absolute atomic E-state index is 0.0169. The summed E-state index contributed by atoms with van der Waals surface area (Å²) in [5, 5.41) is 6.69. The highest BCUT2D eigenvalue weighted by Crippen LogP contribution is 2.13. The lowest BCUT2D eigenvalue weighted by molar-refractivity contribution is -0.117. The fraction of sp³-hybridized carbons (Fsp3) is 0.158. The van der Waals surface area contributed by atoms with Gasteiger partial charge >= 0.3 is 0 Å². The van der Waals surface area contributed by atoms with E-state index in [2.05, 4.69) is 15.1 Å². The SMILES string of the molecule is C/C(=C\c1ccccc1)C(=O)NCCS(=O)(=O)Nc1ccn2nccc2c1. The van der Waals surface area contributed by atoms with Crippen molar-refractivity contribution in [3.05, 3.63) is 72.1 Å². The molecule has 0 unspecified atom stereocenters. The molecule has 0 bridgehead atoms. The van der Waals surface area contributed by atoms with Crippen molar-refractivity contribution in [3.63, 3.8) is 0 Å². The maximum absolute atomic E-state index is 12.2. The van der Waals surface area contributed by atoms with Crippen LogP contribution in [0.1, 0.15) is 12.5 Å². The van der Waals surface area contributed by atoms with Crippen LogP contribution in [0.25, 0.3) is 11.6 Å². The van der Waals surface area contributed by atoms with Crippen molar-refractivity contribution in [2.45, 2.75) is 6.92 Å². The van der Waals surface area contributed by atoms with E-state index in [4.69, 9.17) is 0 Å². The second-order valence-corrected chi connectivity index (χ2v) is 7.87. The summed E-state index contributed by atoms with van der Waals surface area (Å²) in [5.41, 5.74) is 2.66. The second kappa shape index (κ2) is 8.05. The van der Waals surface area contributed by atoms with Crippen LogP contribution in [0, 0.1) is 0 Å². The van der Waals surface area contributed by atoms with E-state index in [1.165, 1.54) is 0 Å². The summed E-state index contributed by atoms with van der Waals surface area (Å²) >= 11 is 0. The van der Waals surface area contributed by atoms with Gasteiger partial charge < -0.3 is 5.32 Å². The van der Waals surface area contributed by atoms with Crippen molar-refractivity contribution in [3.8, 4) is 0 Å². The molecule has 0 fully saturated rings. The Labute approximate surface area is 157 Å². The minimum Gasteiger partial charge on any atom is -0.351 e. The molecular weight excluding hydrogens is 364 g/mol. The molecule has 3 aromatic rings. The van der Waals surface area contributed by atoms with Gasteiger partial charge in [-0.25, -0.2) is 12.9 Å². The number of rotatable bonds is 7. The molecular formula is C19H20N4O3S. The van der Waals surface area contributed by atoms with Crippen LogP contribution in [0.2, 0.25) is 0 Å². The van der Waals surface area contributed by atoms with Gasteiger partial charge in [0.25, 0.3) is 0 Å². The zero-order valence-corrected chi connectivity index (χ0v) is 15.6. The Morgan fingerprint density at radius 1 is 1.19 bits per heavy atom. The molecule has 1 amide bonds. The van der Waals surface area contributed by atoms with E-state index in [0.29, 0.717) is 11.3 Å². The summed E-state index contributed by atoms with van der Waals surface area (Å²) in [6.45, 7) is 1.71. The Bertz CT molecular complexity index is 1070. The summed E-state index contributed by atoms with van der Waals surface area (Å²) in [7, 11) is -3.58. The lowest BCUT2D eigenvalue weighted by Crippen LogP contribution is -2.31. The summed E-state index contributed by atoms with van der Waals surface area (Å²) in [4.78, 5) is 12.1. The van der Waals surface area contributed by atoms with Gasteiger partial charge in [0.15, 0.2) is 0 Å². The Hall–Kier alpha value is -3.13. The Morgan fingerprint density at radius 3 is 2.74 bits per heavy atom. The van der Waals surface area contributed by atoms with Gasteiger partial charge in [-0.3, -0.25) is 9.52 Å². The largest absolute Gasteiger partial charge is 0.351 e. The number of fused-ring (bicyclic) bond motifs is 1. The number of aromatic nitrogens is 2. The van der Waals surface area contributed by atoms with Crippen LogP contribution in [0.3, 0.4) is 0 Å². The molecule has 2 heterocycles. The summed E-state index contributed by atoms with van der Waals surface area (Å²) in [5.74, 6) is -0.517. The van der Waals surface area contributed by atoms with Gasteiger partial charge in [-0.1, -0.05) is 30.3 Å². The minimum atomic E-state index is -3.58. The number of hydrogen-bond donors (Lipinski definition) is 2. The highest BCUT2D eigenvalue weighted by atomic mass is 32.2. The Morgan fingerprint density at radius 2 is 1.96 bits per heavy atom. The van der Waals surface area contributed by atoms with Gasteiger partial charge in [0.05, 0.1) is 17.0 Å². The maximum Gasteiger partial charge on any atom is 0.246 e. The number of anilines is 1. The number of hydrogen-bond acceptors (Lipinski definition) is 4. The van der Waals surface area contributed by atoms with Crippen LogP contribution in [0.5, 0.6) is 0 Å². The number of benzene rings is 1. The third kappa shape index (κ3) is 5.18. The molecule has 27 heavy (non-hydrogen) atoms. The first-order chi connectivity index (χ1) is 12.9. The molecule has 7 nitrogen and oxygen atoms in total. The molecule has 0 aliphatic heterocycles. The number of amides is 1. The van der Waals surface area contributed by atoms with Gasteiger partial charge in [0, 0.05) is 24.5 Å². The molecule has 3 rings (SSSR count). The molecule has 0 saturated carbocycles. The standard InChI is InChI=1S/C19H20N4O3S/c1-15(13-16-5-3-2-4-6-16)19(24)20-10-12-27(25,26)22-17-8-11-23-18(14-17)7-9-21-23/h2-9,11,13-14,22H,10,12H2,1H3,(H,20,24)/b15-13+. The number of carbonyl (C=O) groups is 1. The lowest BCUT2D eigenvalue weighted by Gasteiger charge is -2.09. The third-order valence-corrected chi connectivity index (χ3v) is 5.16. The Balaban J connectivity index is 1.54. The average Bonchev–Trinajstić information content (AvgIpc) is 3.09. The second-order valence-electron chi connectivity index (χ2n) is 6.03. The van der Waals surface area contributed by atoms with Crippen molar-refractivity contribution in [1.29, 1.82) is 0 Å². The van der Waals surface area contributed by atoms with E-state index in [1.54, 1.807) is 48.1 Å². The molecule has 0 aliphatic rings. The molecule has 0 atom stereocenters. The first-order valence-corrected chi connectivity index (χ1v) is 10.0. The van der Waals surface area contributed by atoms with E-state index >= 15 is 0 Å². The van der Waals surface area contributed by atoms with Gasteiger partial charge in [-0.2, -0.15) is 5.10 Å². The molecule has 0 saturated heterocycles. The van der Waals surface area contributed by atoms with Gasteiger partial charge in [-0.05, 0) is 36.8 Å². The van der Waals surface area contributed by atoms with Crippen molar-refractivity contribution in [2.24, 2.45) is 0 Å². The predicted molar refractivity (Wildman–Crippen MR) is 106 cm³/mol. The van der Waals surface area contributed by atoms with E-state index < -0.39 is 10.0 Å². The zero-order chi connectivity index (χ0) is 19.3. The molecule has 0 spiro atoms. The number of pyridine rings is 1. The predicted octanol–water partition coefficient (Wildman–Crippen LogP) is 2.30. The fourth-order valence-electron chi connectivity index (χ4n) is 2.52. The lowest BCUT2D eigenvalue weighted by atomic mass is 10.1. The number of nitrogens with zero attached hydrogens (tertiary/aromatic N) is 2. The number of sulfonamides is 1. The average molecular weight is 384 g/mol. The molecule has 8 heteroatoms. The summed E-state index contributed by atoms with van der Waals surface area (Å²) < 4.78 is 28.6. The van der Waals surface area contributed by atoms with Gasteiger partial charge in [-0.15, -0.1) is 0 Å². The molecule has 2 aromatic heterocycles. The van der Waals surface area contributed by atoms with Crippen molar-refractivity contribution >= 4 is 33.2 Å². The third-order valence-electron chi connectivity index (χ3n) is 3.87. The summed E-state index contributed by atoms with van der Waals surface area (Å²) in [6.07, 6.45) is 5.06. The van der Waals surface area contributed by atoms with Crippen LogP contribution in [0.4, 0.5) is 5.69 Å². The van der Waals surface area contributed by atoms with E-state index in [0.717, 1.165) is 11.1 Å². The number of nitrogens with one attached hydrogen (secondary N) is 2. The summed E-state index contributed by atoms with van der Waals surface area (Å²) in [6, 6.07) is 14.5. The topological polar surface area (TPSA) is 92.6 Å². The molecule has 1 aromatic carbocycles. The maximum atomic E-state index is 12.2. The first-order valence-electron chi connectivity index (χ1n) is 8.38. The van der Waals surface area contributed by atoms with Crippen LogP contribution in [-0.4, -0.2) is 36.2 Å². The fourth-order valence-corrected chi connectivity index (χ4v) is 3.48. The molecule has 0 radical (unpaired) electrons. The van der Waals surface area contributed by atoms with E-state index in [-0.39, 0.29) is 18.2 Å². The highest BCUT2D eigenvalue weighted by molar-refractivity contribution is 7.92. The van der Waals surface area contributed by atoms with Gasteiger partial charge in [0.1, 0.15) is 0 Å². The highest BCUT2D eigenvalue weighted by Gasteiger charge is 2.12. The van der Waals surface area contributed by atoms with Crippen molar-refractivity contribution in [2.75, 3.05) is 17.0 Å². The van der Waals surface area contributed by atoms with Crippen LogP contribution in [-0.2, 0) is 14.8 Å². The molecule has 140 valence electrons. The Kier molecular flexibility index (Phi) is 5.56. The van der Waals surface area contributed by atoms with Crippen LogP contribution >= 0.6 is 0 Å². The quantitative estimate of drug-likeness (QED) is 0.612. The van der Waals surface area contributed by atoms with Crippen molar-refractivity contribution in [1.82, 2.24) is 14.9 Å². The smallest absolute Gasteiger partial charge is 0.246 e. The van der Waals surface area contributed by atoms with Crippen LogP contribution in [0.15, 0.2) is 66.5 Å². The molecule has 2 N–H and O–H groups in total. The van der Waals surface area contributed by atoms with Crippen LogP contribution < -0.4 is 10.0 Å². The number of carbonyl (C=O) groups excluding carboxylic acids is 1.